The number of methoxy groups -OCH3 is 1. The molecule has 0 spiro atoms. The summed E-state index contributed by atoms with van der Waals surface area (Å²) in [5.41, 5.74) is 11.4. The van der Waals surface area contributed by atoms with Crippen LogP contribution in [0.15, 0.2) is 54.5 Å². The number of benzene rings is 1. The van der Waals surface area contributed by atoms with E-state index in [1.807, 2.05) is 35.2 Å². The van der Waals surface area contributed by atoms with Crippen LogP contribution in [0.5, 0.6) is 5.75 Å². The highest BCUT2D eigenvalue weighted by molar-refractivity contribution is 6.45. The van der Waals surface area contributed by atoms with Gasteiger partial charge in [-0.1, -0.05) is 18.2 Å². The molecule has 2 atom stereocenters. The topological polar surface area (TPSA) is 190 Å². The monoisotopic (exact) mass is 536 g/mol. The number of hydrazine groups is 3. The maximum Gasteiger partial charge on any atom is 0.295 e. The minimum atomic E-state index is -0.646. The number of hydrogen-bond donors (Lipinski definition) is 7. The van der Waals surface area contributed by atoms with Crippen molar-refractivity contribution in [2.75, 3.05) is 44.9 Å². The van der Waals surface area contributed by atoms with Crippen LogP contribution < -0.4 is 37.7 Å². The number of anilines is 1. The van der Waals surface area contributed by atoms with Gasteiger partial charge in [0, 0.05) is 38.1 Å². The summed E-state index contributed by atoms with van der Waals surface area (Å²) < 4.78 is 5.48. The molecule has 1 amide bonds. The quantitative estimate of drug-likeness (QED) is 0.0584. The van der Waals surface area contributed by atoms with Gasteiger partial charge in [0.15, 0.2) is 6.29 Å². The second-order valence-corrected chi connectivity index (χ2v) is 9.20. The summed E-state index contributed by atoms with van der Waals surface area (Å²) in [7, 11) is 1.48. The minimum Gasteiger partial charge on any atom is -0.494 e. The number of aromatic amines is 1. The van der Waals surface area contributed by atoms with Crippen molar-refractivity contribution in [2.24, 2.45) is 11.7 Å². The molecule has 0 radical (unpaired) electrons. The second kappa shape index (κ2) is 11.4. The number of fused-ring (bicyclic) bond motifs is 1. The molecule has 2 aromatic heterocycles. The standard InChI is InChI=1S/C25H32N10O4/c1-39-19-13-29-21(18-11-15(14-36)31-32-18)22-20(19)17(12-28-22)23(37)24(38)33-7-9-34(10-8-33)25(30-26)35(27)16-5-3-2-4-6-16/h2-6,11-13,18,25,28,30-32,36H,7-10,14,26-27H2,1H3. The highest BCUT2D eigenvalue weighted by Crippen LogP contribution is 2.34. The van der Waals surface area contributed by atoms with Crippen molar-refractivity contribution in [3.8, 4) is 5.75 Å². The van der Waals surface area contributed by atoms with Crippen LogP contribution in [0.1, 0.15) is 22.1 Å². The van der Waals surface area contributed by atoms with Gasteiger partial charge in [0.05, 0.1) is 53.8 Å². The number of hydrogen-bond acceptors (Lipinski definition) is 12. The second-order valence-electron chi connectivity index (χ2n) is 9.20. The lowest BCUT2D eigenvalue weighted by Gasteiger charge is -2.42. The third-order valence-corrected chi connectivity index (χ3v) is 7.00. The molecule has 206 valence electrons. The lowest BCUT2D eigenvalue weighted by molar-refractivity contribution is -0.128. The molecule has 2 aliphatic heterocycles. The average molecular weight is 537 g/mol. The first-order valence-corrected chi connectivity index (χ1v) is 12.5. The van der Waals surface area contributed by atoms with Gasteiger partial charge in [-0.15, -0.1) is 0 Å². The van der Waals surface area contributed by atoms with E-state index in [1.54, 1.807) is 6.08 Å². The number of aromatic nitrogens is 2. The molecule has 2 unspecified atom stereocenters. The van der Waals surface area contributed by atoms with Crippen molar-refractivity contribution in [3.63, 3.8) is 0 Å². The molecule has 39 heavy (non-hydrogen) atoms. The highest BCUT2D eigenvalue weighted by Gasteiger charge is 2.33. The summed E-state index contributed by atoms with van der Waals surface area (Å²) in [6, 6.07) is 9.06. The van der Waals surface area contributed by atoms with Crippen molar-refractivity contribution in [3.05, 3.63) is 65.8 Å². The highest BCUT2D eigenvalue weighted by atomic mass is 16.5. The Labute approximate surface area is 224 Å². The van der Waals surface area contributed by atoms with E-state index in [0.29, 0.717) is 54.2 Å². The Morgan fingerprint density at radius 2 is 2.00 bits per heavy atom. The number of pyridine rings is 1. The number of ketones is 1. The van der Waals surface area contributed by atoms with Gasteiger partial charge in [0.2, 0.25) is 0 Å². The summed E-state index contributed by atoms with van der Waals surface area (Å²) in [5, 5.41) is 11.4. The Hall–Kier alpha value is -4.05. The summed E-state index contributed by atoms with van der Waals surface area (Å²) in [5.74, 6) is 11.2. The van der Waals surface area contributed by atoms with E-state index in [0.717, 1.165) is 5.69 Å². The smallest absolute Gasteiger partial charge is 0.295 e. The molecule has 14 heteroatoms. The minimum absolute atomic E-state index is 0.156. The van der Waals surface area contributed by atoms with Crippen LogP contribution in [-0.4, -0.2) is 82.8 Å². The van der Waals surface area contributed by atoms with E-state index >= 15 is 0 Å². The zero-order valence-electron chi connectivity index (χ0n) is 21.4. The number of nitrogens with two attached hydrogens (primary N) is 2. The third kappa shape index (κ3) is 5.04. The number of ether oxygens (including phenoxy) is 1. The van der Waals surface area contributed by atoms with Crippen molar-refractivity contribution in [1.29, 1.82) is 0 Å². The fourth-order valence-corrected chi connectivity index (χ4v) is 4.93. The molecule has 5 rings (SSSR count). The molecular formula is C25H32N10O4. The van der Waals surface area contributed by atoms with Gasteiger partial charge in [-0.25, -0.2) is 16.7 Å². The maximum absolute atomic E-state index is 13.4. The zero-order chi connectivity index (χ0) is 27.5. The van der Waals surface area contributed by atoms with Crippen molar-refractivity contribution < 1.29 is 19.4 Å². The van der Waals surface area contributed by atoms with Crippen LogP contribution in [0.2, 0.25) is 0 Å². The number of aliphatic hydroxyl groups is 1. The largest absolute Gasteiger partial charge is 0.494 e. The Kier molecular flexibility index (Phi) is 7.74. The number of nitrogens with zero attached hydrogens (tertiary/aromatic N) is 4. The molecule has 9 N–H and O–H groups in total. The van der Waals surface area contributed by atoms with Gasteiger partial charge < -0.3 is 25.2 Å². The fourth-order valence-electron chi connectivity index (χ4n) is 4.93. The van der Waals surface area contributed by atoms with E-state index < -0.39 is 18.0 Å². The number of Topliss-reactive ketones (excluding diaryl/α,β-unsaturated/α-hetero) is 1. The lowest BCUT2D eigenvalue weighted by Crippen LogP contribution is -2.65. The van der Waals surface area contributed by atoms with Crippen molar-refractivity contribution >= 4 is 28.3 Å². The average Bonchev–Trinajstić information content (AvgIpc) is 3.65. The van der Waals surface area contributed by atoms with Crippen molar-refractivity contribution in [2.45, 2.75) is 12.3 Å². The normalized spacial score (nSPS) is 18.5. The first-order chi connectivity index (χ1) is 19.0. The van der Waals surface area contributed by atoms with Crippen LogP contribution in [0.25, 0.3) is 10.9 Å². The van der Waals surface area contributed by atoms with E-state index in [9.17, 15) is 14.7 Å². The number of piperazine rings is 1. The fraction of sp³-hybridized carbons (Fsp3) is 0.320. The molecule has 0 saturated carbocycles. The predicted octanol–water partition coefficient (Wildman–Crippen LogP) is -0.949. The number of H-pyrrole nitrogens is 1. The van der Waals surface area contributed by atoms with E-state index in [4.69, 9.17) is 16.4 Å². The Bertz CT molecular complexity index is 1370. The third-order valence-electron chi connectivity index (χ3n) is 7.00. The van der Waals surface area contributed by atoms with Gasteiger partial charge in [-0.2, -0.15) is 0 Å². The Balaban J connectivity index is 1.32. The first-order valence-electron chi connectivity index (χ1n) is 12.5. The molecule has 2 aliphatic rings. The van der Waals surface area contributed by atoms with Gasteiger partial charge in [-0.05, 0) is 18.2 Å². The molecule has 3 aromatic rings. The van der Waals surface area contributed by atoms with Gasteiger partial charge in [0.1, 0.15) is 5.75 Å². The maximum atomic E-state index is 13.4. The van der Waals surface area contributed by atoms with Crippen LogP contribution in [0, 0.1) is 0 Å². The van der Waals surface area contributed by atoms with Gasteiger partial charge >= 0.3 is 0 Å². The van der Waals surface area contributed by atoms with Crippen LogP contribution >= 0.6 is 0 Å². The number of carbonyl (C=O) groups is 2. The summed E-state index contributed by atoms with van der Waals surface area (Å²) in [4.78, 5) is 37.9. The van der Waals surface area contributed by atoms with E-state index in [2.05, 4.69) is 26.2 Å². The number of rotatable bonds is 9. The Morgan fingerprint density at radius 3 is 2.64 bits per heavy atom. The number of aliphatic hydroxyl groups excluding tert-OH is 1. The summed E-state index contributed by atoms with van der Waals surface area (Å²) >= 11 is 0. The summed E-state index contributed by atoms with van der Waals surface area (Å²) in [6.45, 7) is 1.41. The van der Waals surface area contributed by atoms with Gasteiger partial charge in [-0.3, -0.25) is 30.3 Å². The number of carbonyl (C=O) groups excluding carboxylic acids is 2. The van der Waals surface area contributed by atoms with Crippen LogP contribution in [-0.2, 0) is 4.79 Å². The lowest BCUT2D eigenvalue weighted by atomic mass is 10.0. The number of amides is 1. The number of para-hydroxylation sites is 1. The van der Waals surface area contributed by atoms with E-state index in [-0.39, 0.29) is 18.2 Å². The molecule has 0 aliphatic carbocycles. The van der Waals surface area contributed by atoms with Crippen LogP contribution in [0.3, 0.4) is 0 Å². The molecule has 1 fully saturated rings. The van der Waals surface area contributed by atoms with Crippen LogP contribution in [0.4, 0.5) is 5.69 Å². The zero-order valence-corrected chi connectivity index (χ0v) is 21.4. The predicted molar refractivity (Wildman–Crippen MR) is 144 cm³/mol. The van der Waals surface area contributed by atoms with E-state index in [1.165, 1.54) is 29.4 Å². The molecule has 1 saturated heterocycles. The molecule has 4 heterocycles. The molecular weight excluding hydrogens is 504 g/mol. The van der Waals surface area contributed by atoms with Crippen molar-refractivity contribution in [1.82, 2.24) is 36.0 Å². The first kappa shape index (κ1) is 26.6. The SMILES string of the molecule is COc1cnc(C2C=C(CO)NN2)c2[nH]cc(C(=O)C(=O)N3CCN(C(NN)N(N)c4ccccc4)CC3)c12. The van der Waals surface area contributed by atoms with Gasteiger partial charge in [0.25, 0.3) is 11.7 Å². The molecule has 1 aromatic carbocycles. The molecule has 14 nitrogen and oxygen atoms in total. The summed E-state index contributed by atoms with van der Waals surface area (Å²) in [6.07, 6.45) is 4.33. The molecule has 0 bridgehead atoms. The Morgan fingerprint density at radius 1 is 1.26 bits per heavy atom. The number of nitrogens with one attached hydrogen (secondary N) is 4.